The number of hydrogen-bond donors (Lipinski definition) is 1. The van der Waals surface area contributed by atoms with Gasteiger partial charge in [0.2, 0.25) is 0 Å². The molecule has 0 saturated carbocycles. The molecule has 2 rings (SSSR count). The van der Waals surface area contributed by atoms with Crippen molar-refractivity contribution in [3.05, 3.63) is 39.8 Å². The fraction of sp³-hybridized carbons (Fsp3) is 0.429. The fourth-order valence-electron chi connectivity index (χ4n) is 1.99. The van der Waals surface area contributed by atoms with Crippen molar-refractivity contribution in [3.8, 4) is 5.75 Å². The molecule has 4 nitrogen and oxygen atoms in total. The Morgan fingerprint density at radius 2 is 2.11 bits per heavy atom. The summed E-state index contributed by atoms with van der Waals surface area (Å²) < 4.78 is 5.36. The van der Waals surface area contributed by atoms with E-state index >= 15 is 0 Å². The van der Waals surface area contributed by atoms with Crippen LogP contribution in [-0.4, -0.2) is 24.4 Å². The smallest absolute Gasteiger partial charge is 0.134 e. The number of rotatable bonds is 6. The average molecular weight is 277 g/mol. The molecule has 1 aromatic heterocycles. The maximum absolute atomic E-state index is 5.36. The molecular weight excluding hydrogens is 258 g/mol. The van der Waals surface area contributed by atoms with Crippen LogP contribution >= 0.6 is 11.3 Å². The lowest BCUT2D eigenvalue weighted by Crippen LogP contribution is -2.14. The molecule has 0 amide bonds. The van der Waals surface area contributed by atoms with Gasteiger partial charge < -0.3 is 10.1 Å². The van der Waals surface area contributed by atoms with Crippen molar-refractivity contribution >= 4 is 11.3 Å². The van der Waals surface area contributed by atoms with Gasteiger partial charge in [-0.15, -0.1) is 10.2 Å². The zero-order chi connectivity index (χ0) is 13.7. The standard InChI is InChI=1S/C14H19N3OS/c1-4-11(15-2)14-17-16-13(19-14)9-10-7-5-6-8-12(10)18-3/h5-8,11,15H,4,9H2,1-3H3. The van der Waals surface area contributed by atoms with Gasteiger partial charge in [-0.05, 0) is 19.5 Å². The van der Waals surface area contributed by atoms with Crippen molar-refractivity contribution in [1.29, 1.82) is 0 Å². The van der Waals surface area contributed by atoms with E-state index in [1.54, 1.807) is 18.4 Å². The van der Waals surface area contributed by atoms with E-state index < -0.39 is 0 Å². The molecule has 1 heterocycles. The molecule has 0 aliphatic heterocycles. The number of nitrogens with zero attached hydrogens (tertiary/aromatic N) is 2. The molecule has 0 saturated heterocycles. The van der Waals surface area contributed by atoms with Crippen molar-refractivity contribution in [2.75, 3.05) is 14.2 Å². The number of benzene rings is 1. The lowest BCUT2D eigenvalue weighted by Gasteiger charge is -2.08. The van der Waals surface area contributed by atoms with Crippen LogP contribution in [0.4, 0.5) is 0 Å². The molecule has 5 heteroatoms. The minimum Gasteiger partial charge on any atom is -0.496 e. The van der Waals surface area contributed by atoms with Crippen LogP contribution in [0, 0.1) is 0 Å². The highest BCUT2D eigenvalue weighted by Gasteiger charge is 2.14. The van der Waals surface area contributed by atoms with Crippen LogP contribution in [0.1, 0.15) is 35.0 Å². The maximum Gasteiger partial charge on any atom is 0.134 e. The first-order valence-corrected chi connectivity index (χ1v) is 7.21. The van der Waals surface area contributed by atoms with E-state index in [-0.39, 0.29) is 0 Å². The quantitative estimate of drug-likeness (QED) is 0.882. The number of ether oxygens (including phenoxy) is 1. The topological polar surface area (TPSA) is 47.0 Å². The van der Waals surface area contributed by atoms with Crippen molar-refractivity contribution in [3.63, 3.8) is 0 Å². The summed E-state index contributed by atoms with van der Waals surface area (Å²) in [4.78, 5) is 0. The third kappa shape index (κ3) is 3.30. The molecule has 0 aliphatic carbocycles. The van der Waals surface area contributed by atoms with E-state index in [0.29, 0.717) is 6.04 Å². The molecule has 0 spiro atoms. The summed E-state index contributed by atoms with van der Waals surface area (Å²) in [5.41, 5.74) is 1.14. The SMILES string of the molecule is CCC(NC)c1nnc(Cc2ccccc2OC)s1. The number of aromatic nitrogens is 2. The van der Waals surface area contributed by atoms with Crippen LogP contribution < -0.4 is 10.1 Å². The van der Waals surface area contributed by atoms with Crippen molar-refractivity contribution in [1.82, 2.24) is 15.5 Å². The summed E-state index contributed by atoms with van der Waals surface area (Å²) >= 11 is 1.66. The predicted octanol–water partition coefficient (Wildman–Crippen LogP) is 2.81. The van der Waals surface area contributed by atoms with Crippen LogP contribution in [0.15, 0.2) is 24.3 Å². The average Bonchev–Trinajstić information content (AvgIpc) is 2.89. The molecule has 102 valence electrons. The molecule has 0 fully saturated rings. The monoisotopic (exact) mass is 277 g/mol. The lowest BCUT2D eigenvalue weighted by atomic mass is 10.1. The van der Waals surface area contributed by atoms with Crippen LogP contribution in [0.2, 0.25) is 0 Å². The molecule has 1 N–H and O–H groups in total. The zero-order valence-corrected chi connectivity index (χ0v) is 12.3. The normalized spacial score (nSPS) is 12.4. The summed E-state index contributed by atoms with van der Waals surface area (Å²) in [6.45, 7) is 2.14. The summed E-state index contributed by atoms with van der Waals surface area (Å²) in [5.74, 6) is 0.903. The van der Waals surface area contributed by atoms with E-state index in [9.17, 15) is 0 Å². The Kier molecular flexibility index (Phi) is 4.87. The second-order valence-corrected chi connectivity index (χ2v) is 5.37. The minimum atomic E-state index is 0.295. The van der Waals surface area contributed by atoms with Crippen LogP contribution in [-0.2, 0) is 6.42 Å². The van der Waals surface area contributed by atoms with E-state index in [2.05, 4.69) is 28.5 Å². The van der Waals surface area contributed by atoms with Gasteiger partial charge in [0.05, 0.1) is 13.2 Å². The number of para-hydroxylation sites is 1. The molecule has 1 unspecified atom stereocenters. The lowest BCUT2D eigenvalue weighted by molar-refractivity contribution is 0.410. The molecule has 1 aromatic carbocycles. The summed E-state index contributed by atoms with van der Waals surface area (Å²) in [6, 6.07) is 8.32. The Labute approximate surface area is 117 Å². The summed E-state index contributed by atoms with van der Waals surface area (Å²) in [5, 5.41) is 13.9. The summed E-state index contributed by atoms with van der Waals surface area (Å²) in [6.07, 6.45) is 1.78. The van der Waals surface area contributed by atoms with Crippen LogP contribution in [0.25, 0.3) is 0 Å². The van der Waals surface area contributed by atoms with Crippen molar-refractivity contribution < 1.29 is 4.74 Å². The van der Waals surface area contributed by atoms with E-state index in [0.717, 1.165) is 34.2 Å². The maximum atomic E-state index is 5.36. The molecule has 1 atom stereocenters. The van der Waals surface area contributed by atoms with Crippen LogP contribution in [0.3, 0.4) is 0 Å². The van der Waals surface area contributed by atoms with E-state index in [1.807, 2.05) is 25.2 Å². The zero-order valence-electron chi connectivity index (χ0n) is 11.5. The van der Waals surface area contributed by atoms with Gasteiger partial charge in [0.15, 0.2) is 0 Å². The number of hydrogen-bond acceptors (Lipinski definition) is 5. The first-order chi connectivity index (χ1) is 9.28. The molecule has 19 heavy (non-hydrogen) atoms. The largest absolute Gasteiger partial charge is 0.496 e. The summed E-state index contributed by atoms with van der Waals surface area (Å²) in [7, 11) is 3.65. The Hall–Kier alpha value is -1.46. The van der Waals surface area contributed by atoms with Gasteiger partial charge in [0.1, 0.15) is 15.8 Å². The molecular formula is C14H19N3OS. The minimum absolute atomic E-state index is 0.295. The highest BCUT2D eigenvalue weighted by atomic mass is 32.1. The van der Waals surface area contributed by atoms with Gasteiger partial charge >= 0.3 is 0 Å². The second-order valence-electron chi connectivity index (χ2n) is 4.27. The van der Waals surface area contributed by atoms with Crippen LogP contribution in [0.5, 0.6) is 5.75 Å². The third-order valence-corrected chi connectivity index (χ3v) is 4.11. The number of methoxy groups -OCH3 is 1. The van der Waals surface area contributed by atoms with Gasteiger partial charge in [0, 0.05) is 12.0 Å². The van der Waals surface area contributed by atoms with Gasteiger partial charge in [-0.2, -0.15) is 0 Å². The van der Waals surface area contributed by atoms with Crippen molar-refractivity contribution in [2.45, 2.75) is 25.8 Å². The third-order valence-electron chi connectivity index (χ3n) is 3.07. The molecule has 0 radical (unpaired) electrons. The molecule has 0 aliphatic rings. The fourth-order valence-corrected chi connectivity index (χ4v) is 3.05. The Bertz CT molecular complexity index is 523. The van der Waals surface area contributed by atoms with Gasteiger partial charge in [-0.25, -0.2) is 0 Å². The number of nitrogens with one attached hydrogen (secondary N) is 1. The Morgan fingerprint density at radius 1 is 1.32 bits per heavy atom. The van der Waals surface area contributed by atoms with E-state index in [4.69, 9.17) is 4.74 Å². The van der Waals surface area contributed by atoms with Gasteiger partial charge in [0.25, 0.3) is 0 Å². The highest BCUT2D eigenvalue weighted by Crippen LogP contribution is 2.25. The first kappa shape index (κ1) is 14.0. The Morgan fingerprint density at radius 3 is 2.79 bits per heavy atom. The first-order valence-electron chi connectivity index (χ1n) is 6.39. The highest BCUT2D eigenvalue weighted by molar-refractivity contribution is 7.11. The van der Waals surface area contributed by atoms with Gasteiger partial charge in [-0.1, -0.05) is 36.5 Å². The molecule has 0 bridgehead atoms. The molecule has 2 aromatic rings. The van der Waals surface area contributed by atoms with Crippen molar-refractivity contribution in [2.24, 2.45) is 0 Å². The van der Waals surface area contributed by atoms with Gasteiger partial charge in [-0.3, -0.25) is 0 Å². The predicted molar refractivity (Wildman–Crippen MR) is 77.8 cm³/mol. The van der Waals surface area contributed by atoms with E-state index in [1.165, 1.54) is 0 Å². The Balaban J connectivity index is 2.15. The second kappa shape index (κ2) is 6.63.